The van der Waals surface area contributed by atoms with E-state index >= 15 is 0 Å². The topological polar surface area (TPSA) is 53.5 Å². The Morgan fingerprint density at radius 3 is 1.97 bits per heavy atom. The second-order valence-electron chi connectivity index (χ2n) is 8.45. The monoisotopic (exact) mass is 470 g/mol. The molecule has 0 radical (unpaired) electrons. The van der Waals surface area contributed by atoms with E-state index < -0.39 is 18.3 Å². The summed E-state index contributed by atoms with van der Waals surface area (Å²) in [6.45, 7) is 12.2. The predicted octanol–water partition coefficient (Wildman–Crippen LogP) is 6.43. The fourth-order valence-electron chi connectivity index (χ4n) is 3.33. The van der Waals surface area contributed by atoms with Crippen LogP contribution in [0.5, 0.6) is 11.6 Å². The molecule has 5 nitrogen and oxygen atoms in total. The van der Waals surface area contributed by atoms with Crippen molar-refractivity contribution in [2.45, 2.75) is 71.5 Å². The van der Waals surface area contributed by atoms with Crippen molar-refractivity contribution >= 4 is 47.4 Å². The average molecular weight is 472 g/mol. The largest absolute Gasteiger partial charge is 0.494 e. The molecule has 30 heavy (non-hydrogen) atoms. The number of hydrogen-bond donors (Lipinski definition) is 0. The van der Waals surface area contributed by atoms with Crippen molar-refractivity contribution in [3.05, 3.63) is 39.0 Å². The van der Waals surface area contributed by atoms with E-state index in [1.165, 1.54) is 0 Å². The van der Waals surface area contributed by atoms with Gasteiger partial charge >= 0.3 is 7.12 Å². The molecule has 0 aliphatic carbocycles. The quantitative estimate of drug-likeness (QED) is 0.454. The van der Waals surface area contributed by atoms with Crippen molar-refractivity contribution in [3.63, 3.8) is 0 Å². The molecular formula is C21H26BCl3N2O3. The van der Waals surface area contributed by atoms with Gasteiger partial charge in [-0.25, -0.2) is 0 Å². The van der Waals surface area contributed by atoms with E-state index in [0.29, 0.717) is 20.9 Å². The number of hydrogen-bond acceptors (Lipinski definition) is 5. The van der Waals surface area contributed by atoms with Crippen molar-refractivity contribution < 1.29 is 14.0 Å². The highest BCUT2D eigenvalue weighted by Crippen LogP contribution is 2.40. The number of nitrogens with zero attached hydrogens (tertiary/aromatic N) is 2. The van der Waals surface area contributed by atoms with Gasteiger partial charge in [0.25, 0.3) is 0 Å². The third-order valence-corrected chi connectivity index (χ3v) is 6.79. The fourth-order valence-corrected chi connectivity index (χ4v) is 4.16. The molecule has 3 rings (SSSR count). The van der Waals surface area contributed by atoms with Gasteiger partial charge in [-0.05, 0) is 69.6 Å². The van der Waals surface area contributed by atoms with Crippen LogP contribution in [0.3, 0.4) is 0 Å². The zero-order valence-electron chi connectivity index (χ0n) is 18.1. The van der Waals surface area contributed by atoms with Crippen LogP contribution in [-0.2, 0) is 9.31 Å². The predicted molar refractivity (Wildman–Crippen MR) is 123 cm³/mol. The second kappa shape index (κ2) is 8.83. The van der Waals surface area contributed by atoms with E-state index in [4.69, 9.17) is 48.8 Å². The smallest absolute Gasteiger partial charge is 0.434 e. The van der Waals surface area contributed by atoms with Crippen molar-refractivity contribution in [1.29, 1.82) is 0 Å². The molecule has 0 atom stereocenters. The minimum atomic E-state index is -0.573. The van der Waals surface area contributed by atoms with Gasteiger partial charge in [0.05, 0.1) is 21.2 Å². The first-order valence-corrected chi connectivity index (χ1v) is 11.2. The lowest BCUT2D eigenvalue weighted by molar-refractivity contribution is 0.00578. The van der Waals surface area contributed by atoms with Gasteiger partial charge in [-0.1, -0.05) is 48.7 Å². The summed E-state index contributed by atoms with van der Waals surface area (Å²) in [5, 5.41) is 9.10. The summed E-state index contributed by atoms with van der Waals surface area (Å²) in [7, 11) is -0.573. The highest BCUT2D eigenvalue weighted by Gasteiger charge is 2.51. The fraction of sp³-hybridized carbons (Fsp3) is 0.524. The summed E-state index contributed by atoms with van der Waals surface area (Å²) in [6.07, 6.45) is 1.87. The first-order chi connectivity index (χ1) is 14.0. The van der Waals surface area contributed by atoms with Gasteiger partial charge in [0.2, 0.25) is 5.88 Å². The van der Waals surface area contributed by atoms with E-state index in [2.05, 4.69) is 24.0 Å². The SMILES string of the molecule is CCC(CC)c1cc(Oc2c(Cl)cc(B3OC(C)(C)C(C)(C)O3)cc2Cl)nnc1Cl. The van der Waals surface area contributed by atoms with Crippen LogP contribution < -0.4 is 10.2 Å². The van der Waals surface area contributed by atoms with Crippen LogP contribution >= 0.6 is 34.8 Å². The van der Waals surface area contributed by atoms with Crippen LogP contribution in [0.25, 0.3) is 0 Å². The summed E-state index contributed by atoms with van der Waals surface area (Å²) in [5.41, 5.74) is 0.690. The van der Waals surface area contributed by atoms with Crippen molar-refractivity contribution in [3.8, 4) is 11.6 Å². The van der Waals surface area contributed by atoms with Gasteiger partial charge in [-0.3, -0.25) is 0 Å². The normalized spacial score (nSPS) is 17.6. The molecule has 2 aromatic rings. The molecule has 1 aliphatic rings. The average Bonchev–Trinajstić information content (AvgIpc) is 2.88. The molecule has 1 saturated heterocycles. The van der Waals surface area contributed by atoms with Crippen LogP contribution in [0.15, 0.2) is 18.2 Å². The van der Waals surface area contributed by atoms with E-state index in [-0.39, 0.29) is 11.8 Å². The lowest BCUT2D eigenvalue weighted by Gasteiger charge is -2.32. The van der Waals surface area contributed by atoms with Crippen molar-refractivity contribution in [1.82, 2.24) is 10.2 Å². The van der Waals surface area contributed by atoms with E-state index in [1.54, 1.807) is 18.2 Å². The molecule has 2 heterocycles. The van der Waals surface area contributed by atoms with E-state index in [0.717, 1.165) is 23.9 Å². The molecule has 0 saturated carbocycles. The first kappa shape index (κ1) is 23.6. The lowest BCUT2D eigenvalue weighted by atomic mass is 9.79. The molecular weight excluding hydrogens is 445 g/mol. The maximum Gasteiger partial charge on any atom is 0.494 e. The molecule has 1 aliphatic heterocycles. The number of rotatable bonds is 6. The van der Waals surface area contributed by atoms with Crippen molar-refractivity contribution in [2.75, 3.05) is 0 Å². The zero-order valence-corrected chi connectivity index (χ0v) is 20.3. The molecule has 1 aromatic carbocycles. The van der Waals surface area contributed by atoms with Crippen LogP contribution in [0.2, 0.25) is 15.2 Å². The summed E-state index contributed by atoms with van der Waals surface area (Å²) in [4.78, 5) is 0. The molecule has 1 aromatic heterocycles. The van der Waals surface area contributed by atoms with Crippen LogP contribution in [-0.4, -0.2) is 28.5 Å². The Morgan fingerprint density at radius 2 is 1.47 bits per heavy atom. The number of aromatic nitrogens is 2. The molecule has 0 amide bonds. The highest BCUT2D eigenvalue weighted by molar-refractivity contribution is 6.63. The second-order valence-corrected chi connectivity index (χ2v) is 9.62. The first-order valence-electron chi connectivity index (χ1n) is 10.0. The van der Waals surface area contributed by atoms with Gasteiger partial charge < -0.3 is 14.0 Å². The lowest BCUT2D eigenvalue weighted by Crippen LogP contribution is -2.41. The van der Waals surface area contributed by atoms with Crippen LogP contribution in [0, 0.1) is 0 Å². The van der Waals surface area contributed by atoms with E-state index in [1.807, 2.05) is 27.7 Å². The number of benzene rings is 1. The highest BCUT2D eigenvalue weighted by atomic mass is 35.5. The Labute approximate surface area is 193 Å². The minimum absolute atomic E-state index is 0.270. The number of ether oxygens (including phenoxy) is 1. The van der Waals surface area contributed by atoms with Crippen LogP contribution in [0.1, 0.15) is 65.9 Å². The standard InChI is InChI=1S/C21H26BCl3N2O3/c1-7-12(8-2)14-11-17(26-27-19(14)25)28-18-15(23)9-13(10-16(18)24)22-29-20(3,4)21(5,6)30-22/h9-12H,7-8H2,1-6H3. The third-order valence-electron chi connectivity index (χ3n) is 5.93. The maximum atomic E-state index is 6.50. The van der Waals surface area contributed by atoms with Gasteiger partial charge in [-0.2, -0.15) is 0 Å². The maximum absolute atomic E-state index is 6.50. The number of halogens is 3. The van der Waals surface area contributed by atoms with Gasteiger partial charge in [-0.15, -0.1) is 10.2 Å². The molecule has 1 fully saturated rings. The molecule has 9 heteroatoms. The molecule has 0 unspecified atom stereocenters. The summed E-state index contributed by atoms with van der Waals surface area (Å²) >= 11 is 19.2. The van der Waals surface area contributed by atoms with Crippen LogP contribution in [0.4, 0.5) is 0 Å². The summed E-state index contributed by atoms with van der Waals surface area (Å²) < 4.78 is 18.1. The Morgan fingerprint density at radius 1 is 0.933 bits per heavy atom. The Hall–Kier alpha value is -1.05. The Kier molecular flexibility index (Phi) is 6.95. The van der Waals surface area contributed by atoms with Gasteiger partial charge in [0.15, 0.2) is 10.9 Å². The Balaban J connectivity index is 1.88. The Bertz CT molecular complexity index is 897. The third kappa shape index (κ3) is 4.58. The molecule has 162 valence electrons. The molecule has 0 spiro atoms. The van der Waals surface area contributed by atoms with Crippen molar-refractivity contribution in [2.24, 2.45) is 0 Å². The zero-order chi connectivity index (χ0) is 22.3. The van der Waals surface area contributed by atoms with Gasteiger partial charge in [0, 0.05) is 6.07 Å². The summed E-state index contributed by atoms with van der Waals surface area (Å²) in [5.74, 6) is 0.853. The molecule has 0 N–H and O–H groups in total. The molecule has 0 bridgehead atoms. The van der Waals surface area contributed by atoms with Gasteiger partial charge in [0.1, 0.15) is 0 Å². The van der Waals surface area contributed by atoms with E-state index in [9.17, 15) is 0 Å². The minimum Gasteiger partial charge on any atom is -0.434 e. The summed E-state index contributed by atoms with van der Waals surface area (Å²) in [6, 6.07) is 5.26.